The smallest absolute Gasteiger partial charge is 0.228 e. The molecule has 2 rings (SSSR count). The van der Waals surface area contributed by atoms with Crippen molar-refractivity contribution in [1.29, 1.82) is 0 Å². The number of carbonyl (C=O) groups excluding carboxylic acids is 1. The molecule has 0 radical (unpaired) electrons. The summed E-state index contributed by atoms with van der Waals surface area (Å²) in [7, 11) is 0. The van der Waals surface area contributed by atoms with E-state index in [0.29, 0.717) is 13.0 Å². The Morgan fingerprint density at radius 3 is 2.68 bits per heavy atom. The van der Waals surface area contributed by atoms with Crippen LogP contribution < -0.4 is 10.6 Å². The van der Waals surface area contributed by atoms with Gasteiger partial charge in [-0.3, -0.25) is 4.79 Å². The summed E-state index contributed by atoms with van der Waals surface area (Å²) < 4.78 is 0. The van der Waals surface area contributed by atoms with Crippen LogP contribution in [-0.2, 0) is 4.79 Å². The van der Waals surface area contributed by atoms with Crippen molar-refractivity contribution in [2.75, 3.05) is 11.4 Å². The number of phenolic OH excluding ortho intramolecular Hbond substituents is 1. The number of hydrogen-bond acceptors (Lipinski definition) is 3. The van der Waals surface area contributed by atoms with E-state index in [0.717, 1.165) is 31.4 Å². The third-order valence-electron chi connectivity index (χ3n) is 3.86. The van der Waals surface area contributed by atoms with Crippen LogP contribution in [0, 0.1) is 0 Å². The van der Waals surface area contributed by atoms with Gasteiger partial charge in [0, 0.05) is 30.3 Å². The van der Waals surface area contributed by atoms with Crippen LogP contribution in [0.25, 0.3) is 0 Å². The molecule has 0 aliphatic heterocycles. The van der Waals surface area contributed by atoms with E-state index in [1.807, 2.05) is 13.0 Å². The highest BCUT2D eigenvalue weighted by atomic mass is 16.3. The van der Waals surface area contributed by atoms with E-state index in [9.17, 15) is 9.90 Å². The Kier molecular flexibility index (Phi) is 4.10. The Morgan fingerprint density at radius 1 is 1.42 bits per heavy atom. The third kappa shape index (κ3) is 3.26. The lowest BCUT2D eigenvalue weighted by atomic mass is 9.94. The fourth-order valence-electron chi connectivity index (χ4n) is 2.82. The van der Waals surface area contributed by atoms with Crippen molar-refractivity contribution in [3.05, 3.63) is 24.3 Å². The summed E-state index contributed by atoms with van der Waals surface area (Å²) in [5.41, 5.74) is 6.66. The first kappa shape index (κ1) is 13.9. The number of amides is 1. The van der Waals surface area contributed by atoms with Gasteiger partial charge in [-0.1, -0.05) is 18.9 Å². The number of nitrogens with zero attached hydrogens (tertiary/aromatic N) is 1. The molecule has 19 heavy (non-hydrogen) atoms. The molecule has 1 fully saturated rings. The zero-order valence-corrected chi connectivity index (χ0v) is 11.4. The summed E-state index contributed by atoms with van der Waals surface area (Å²) in [6.07, 6.45) is 4.47. The van der Waals surface area contributed by atoms with Crippen molar-refractivity contribution in [3.8, 4) is 5.75 Å². The molecular formula is C15H22N2O2. The second-order valence-electron chi connectivity index (χ2n) is 5.40. The van der Waals surface area contributed by atoms with Gasteiger partial charge >= 0.3 is 0 Å². The number of aromatic hydroxyl groups is 1. The topological polar surface area (TPSA) is 66.6 Å². The van der Waals surface area contributed by atoms with E-state index in [2.05, 4.69) is 0 Å². The minimum absolute atomic E-state index is 0.0394. The largest absolute Gasteiger partial charge is 0.508 e. The minimum Gasteiger partial charge on any atom is -0.508 e. The Labute approximate surface area is 114 Å². The Hall–Kier alpha value is -1.55. The molecule has 0 bridgehead atoms. The van der Waals surface area contributed by atoms with Gasteiger partial charge in [0.05, 0.1) is 0 Å². The molecule has 1 aliphatic carbocycles. The van der Waals surface area contributed by atoms with Crippen molar-refractivity contribution >= 4 is 11.6 Å². The zero-order valence-electron chi connectivity index (χ0n) is 11.4. The maximum Gasteiger partial charge on any atom is 0.228 e. The molecule has 1 amide bonds. The lowest BCUT2D eigenvalue weighted by molar-refractivity contribution is -0.119. The van der Waals surface area contributed by atoms with Crippen molar-refractivity contribution in [2.24, 2.45) is 5.73 Å². The summed E-state index contributed by atoms with van der Waals surface area (Å²) in [5.74, 6) is 0.213. The average Bonchev–Trinajstić information content (AvgIpc) is 2.76. The first-order valence-electron chi connectivity index (χ1n) is 6.92. The van der Waals surface area contributed by atoms with Crippen LogP contribution in [0.5, 0.6) is 5.75 Å². The van der Waals surface area contributed by atoms with Crippen LogP contribution in [-0.4, -0.2) is 23.1 Å². The molecule has 0 atom stereocenters. The fraction of sp³-hybridized carbons (Fsp3) is 0.533. The molecule has 3 N–H and O–H groups in total. The van der Waals surface area contributed by atoms with Crippen molar-refractivity contribution in [1.82, 2.24) is 0 Å². The number of nitrogens with two attached hydrogens (primary N) is 1. The molecule has 4 heteroatoms. The normalized spacial score (nSPS) is 17.4. The first-order valence-corrected chi connectivity index (χ1v) is 6.92. The molecule has 0 aromatic heterocycles. The molecule has 1 aromatic carbocycles. The molecule has 1 saturated carbocycles. The SMILES string of the molecule is CCN(C(=O)CC1(N)CCCC1)c1cccc(O)c1. The predicted molar refractivity (Wildman–Crippen MR) is 76.1 cm³/mol. The van der Waals surface area contributed by atoms with E-state index in [1.54, 1.807) is 23.1 Å². The summed E-state index contributed by atoms with van der Waals surface area (Å²) in [4.78, 5) is 14.1. The molecule has 0 unspecified atom stereocenters. The Bertz CT molecular complexity index is 453. The van der Waals surface area contributed by atoms with E-state index >= 15 is 0 Å². The van der Waals surface area contributed by atoms with Crippen LogP contribution in [0.3, 0.4) is 0 Å². The molecule has 1 aromatic rings. The Morgan fingerprint density at radius 2 is 2.11 bits per heavy atom. The average molecular weight is 262 g/mol. The van der Waals surface area contributed by atoms with Crippen LogP contribution in [0.2, 0.25) is 0 Å². The highest BCUT2D eigenvalue weighted by Gasteiger charge is 2.33. The van der Waals surface area contributed by atoms with Crippen LogP contribution >= 0.6 is 0 Å². The van der Waals surface area contributed by atoms with E-state index in [-0.39, 0.29) is 17.2 Å². The predicted octanol–water partition coefficient (Wildman–Crippen LogP) is 2.41. The van der Waals surface area contributed by atoms with Gasteiger partial charge in [0.2, 0.25) is 5.91 Å². The summed E-state index contributed by atoms with van der Waals surface area (Å²) >= 11 is 0. The van der Waals surface area contributed by atoms with E-state index in [1.165, 1.54) is 0 Å². The van der Waals surface area contributed by atoms with Crippen molar-refractivity contribution in [2.45, 2.75) is 44.6 Å². The second-order valence-corrected chi connectivity index (χ2v) is 5.40. The van der Waals surface area contributed by atoms with E-state index in [4.69, 9.17) is 5.73 Å². The number of anilines is 1. The molecule has 0 heterocycles. The molecule has 0 saturated heterocycles. The van der Waals surface area contributed by atoms with Crippen LogP contribution in [0.15, 0.2) is 24.3 Å². The highest BCUT2D eigenvalue weighted by Crippen LogP contribution is 2.31. The second kappa shape index (κ2) is 5.61. The zero-order chi connectivity index (χ0) is 13.9. The first-order chi connectivity index (χ1) is 9.04. The fourth-order valence-corrected chi connectivity index (χ4v) is 2.82. The maximum absolute atomic E-state index is 12.4. The number of phenols is 1. The lowest BCUT2D eigenvalue weighted by Gasteiger charge is -2.28. The molecule has 104 valence electrons. The maximum atomic E-state index is 12.4. The third-order valence-corrected chi connectivity index (χ3v) is 3.86. The standard InChI is InChI=1S/C15H22N2O2/c1-2-17(12-6-5-7-13(18)10-12)14(19)11-15(16)8-3-4-9-15/h5-7,10,18H,2-4,8-9,11,16H2,1H3. The van der Waals surface area contributed by atoms with Crippen LogP contribution in [0.4, 0.5) is 5.69 Å². The molecular weight excluding hydrogens is 240 g/mol. The van der Waals surface area contributed by atoms with Gasteiger partial charge in [-0.05, 0) is 31.9 Å². The van der Waals surface area contributed by atoms with Crippen LogP contribution in [0.1, 0.15) is 39.0 Å². The molecule has 4 nitrogen and oxygen atoms in total. The van der Waals surface area contributed by atoms with Gasteiger partial charge in [-0.2, -0.15) is 0 Å². The van der Waals surface area contributed by atoms with Gasteiger partial charge in [0.25, 0.3) is 0 Å². The van der Waals surface area contributed by atoms with Crippen molar-refractivity contribution in [3.63, 3.8) is 0 Å². The summed E-state index contributed by atoms with van der Waals surface area (Å²) in [5, 5.41) is 9.51. The summed E-state index contributed by atoms with van der Waals surface area (Å²) in [6, 6.07) is 6.79. The van der Waals surface area contributed by atoms with E-state index < -0.39 is 0 Å². The number of hydrogen-bond donors (Lipinski definition) is 2. The molecule has 1 aliphatic rings. The number of carbonyl (C=O) groups is 1. The monoisotopic (exact) mass is 262 g/mol. The highest BCUT2D eigenvalue weighted by molar-refractivity contribution is 5.94. The number of benzene rings is 1. The van der Waals surface area contributed by atoms with Gasteiger partial charge in [-0.15, -0.1) is 0 Å². The number of rotatable bonds is 4. The van der Waals surface area contributed by atoms with Gasteiger partial charge in [0.15, 0.2) is 0 Å². The molecule has 0 spiro atoms. The minimum atomic E-state index is -0.332. The van der Waals surface area contributed by atoms with Gasteiger partial charge in [0.1, 0.15) is 5.75 Å². The lowest BCUT2D eigenvalue weighted by Crippen LogP contribution is -2.43. The summed E-state index contributed by atoms with van der Waals surface area (Å²) in [6.45, 7) is 2.51. The van der Waals surface area contributed by atoms with Gasteiger partial charge in [-0.25, -0.2) is 0 Å². The van der Waals surface area contributed by atoms with Crippen molar-refractivity contribution < 1.29 is 9.90 Å². The van der Waals surface area contributed by atoms with Gasteiger partial charge < -0.3 is 15.7 Å². The quantitative estimate of drug-likeness (QED) is 0.875. The Balaban J connectivity index is 2.11.